The maximum atomic E-state index is 13.8. The third-order valence-corrected chi connectivity index (χ3v) is 3.20. The molecular formula is C13H17BrFNO2. The van der Waals surface area contributed by atoms with E-state index in [9.17, 15) is 9.18 Å². The molecule has 0 aliphatic carbocycles. The number of methoxy groups -OCH3 is 1. The highest BCUT2D eigenvalue weighted by Crippen LogP contribution is 2.23. The molecule has 1 rings (SSSR count). The van der Waals surface area contributed by atoms with Crippen LogP contribution in [0.2, 0.25) is 0 Å². The molecule has 0 saturated heterocycles. The van der Waals surface area contributed by atoms with E-state index in [-0.39, 0.29) is 17.8 Å². The van der Waals surface area contributed by atoms with Crippen LogP contribution in [0.25, 0.3) is 0 Å². The number of hydrogen-bond acceptors (Lipinski definition) is 3. The Labute approximate surface area is 115 Å². The highest BCUT2D eigenvalue weighted by Gasteiger charge is 2.30. The van der Waals surface area contributed by atoms with Gasteiger partial charge in [-0.1, -0.05) is 22.0 Å². The van der Waals surface area contributed by atoms with Gasteiger partial charge in [0, 0.05) is 16.1 Å². The second-order valence-electron chi connectivity index (χ2n) is 4.65. The van der Waals surface area contributed by atoms with Crippen LogP contribution in [0.1, 0.15) is 32.4 Å². The van der Waals surface area contributed by atoms with Gasteiger partial charge in [-0.25, -0.2) is 4.39 Å². The molecule has 0 aliphatic rings. The van der Waals surface area contributed by atoms with Gasteiger partial charge in [0.15, 0.2) is 0 Å². The van der Waals surface area contributed by atoms with E-state index in [1.807, 2.05) is 0 Å². The third kappa shape index (κ3) is 3.53. The van der Waals surface area contributed by atoms with Gasteiger partial charge in [0.2, 0.25) is 0 Å². The van der Waals surface area contributed by atoms with Crippen molar-refractivity contribution in [1.82, 2.24) is 5.32 Å². The van der Waals surface area contributed by atoms with Crippen molar-refractivity contribution in [1.29, 1.82) is 0 Å². The van der Waals surface area contributed by atoms with Crippen LogP contribution in [0.5, 0.6) is 0 Å². The van der Waals surface area contributed by atoms with Crippen LogP contribution in [0.4, 0.5) is 4.39 Å². The van der Waals surface area contributed by atoms with Gasteiger partial charge < -0.3 is 4.74 Å². The van der Waals surface area contributed by atoms with E-state index in [2.05, 4.69) is 21.2 Å². The van der Waals surface area contributed by atoms with Crippen LogP contribution in [0.15, 0.2) is 22.7 Å². The van der Waals surface area contributed by atoms with Crippen molar-refractivity contribution in [2.24, 2.45) is 0 Å². The minimum atomic E-state index is -0.867. The summed E-state index contributed by atoms with van der Waals surface area (Å²) < 4.78 is 19.2. The summed E-state index contributed by atoms with van der Waals surface area (Å²) in [6.45, 7) is 5.20. The number of esters is 1. The molecular weight excluding hydrogens is 301 g/mol. The number of halogens is 2. The van der Waals surface area contributed by atoms with Crippen molar-refractivity contribution in [2.75, 3.05) is 7.11 Å². The lowest BCUT2D eigenvalue weighted by molar-refractivity contribution is -0.147. The van der Waals surface area contributed by atoms with E-state index in [1.54, 1.807) is 32.9 Å². The molecule has 1 atom stereocenters. The summed E-state index contributed by atoms with van der Waals surface area (Å²) in [7, 11) is 1.33. The summed E-state index contributed by atoms with van der Waals surface area (Å²) in [5.74, 6) is -0.697. The quantitative estimate of drug-likeness (QED) is 0.867. The molecule has 100 valence electrons. The van der Waals surface area contributed by atoms with E-state index >= 15 is 0 Å². The van der Waals surface area contributed by atoms with E-state index in [4.69, 9.17) is 4.74 Å². The Morgan fingerprint density at radius 2 is 2.11 bits per heavy atom. The third-order valence-electron chi connectivity index (χ3n) is 2.70. The summed E-state index contributed by atoms with van der Waals surface area (Å²) in [4.78, 5) is 11.6. The van der Waals surface area contributed by atoms with Gasteiger partial charge in [-0.15, -0.1) is 0 Å². The molecule has 1 aromatic rings. The number of hydrogen-bond donors (Lipinski definition) is 1. The molecule has 1 aromatic carbocycles. The molecule has 0 heterocycles. The molecule has 0 fully saturated rings. The van der Waals surface area contributed by atoms with Crippen LogP contribution in [0, 0.1) is 5.82 Å². The standard InChI is InChI=1S/C13H17BrFNO2/c1-8(16-13(2,3)12(17)18-4)10-6-5-9(14)7-11(10)15/h5-8,16H,1-4H3. The summed E-state index contributed by atoms with van der Waals surface area (Å²) in [5.41, 5.74) is -0.358. The molecule has 0 amide bonds. The minimum absolute atomic E-state index is 0.299. The Morgan fingerprint density at radius 3 is 2.61 bits per heavy atom. The second kappa shape index (κ2) is 5.80. The minimum Gasteiger partial charge on any atom is -0.468 e. The van der Waals surface area contributed by atoms with E-state index in [1.165, 1.54) is 13.2 Å². The molecule has 3 nitrogen and oxygen atoms in total. The molecule has 0 aromatic heterocycles. The fraction of sp³-hybridized carbons (Fsp3) is 0.462. The molecule has 0 bridgehead atoms. The molecule has 18 heavy (non-hydrogen) atoms. The number of carbonyl (C=O) groups excluding carboxylic acids is 1. The largest absolute Gasteiger partial charge is 0.468 e. The monoisotopic (exact) mass is 317 g/mol. The van der Waals surface area contributed by atoms with Gasteiger partial charge >= 0.3 is 5.97 Å². The van der Waals surface area contributed by atoms with E-state index in [0.717, 1.165) is 0 Å². The summed E-state index contributed by atoms with van der Waals surface area (Å²) in [6, 6.07) is 4.55. The first-order chi connectivity index (χ1) is 8.27. The fourth-order valence-electron chi connectivity index (χ4n) is 1.79. The molecule has 1 unspecified atom stereocenters. The number of ether oxygens (including phenoxy) is 1. The maximum Gasteiger partial charge on any atom is 0.325 e. The molecule has 0 aliphatic heterocycles. The van der Waals surface area contributed by atoms with Gasteiger partial charge in [-0.2, -0.15) is 0 Å². The Bertz CT molecular complexity index is 449. The topological polar surface area (TPSA) is 38.3 Å². The average molecular weight is 318 g/mol. The first-order valence-corrected chi connectivity index (χ1v) is 6.38. The molecule has 5 heteroatoms. The first kappa shape index (κ1) is 15.1. The van der Waals surface area contributed by atoms with Gasteiger partial charge in [0.1, 0.15) is 11.4 Å². The first-order valence-electron chi connectivity index (χ1n) is 5.59. The Kier molecular flexibility index (Phi) is 4.87. The van der Waals surface area contributed by atoms with Crippen molar-refractivity contribution in [3.63, 3.8) is 0 Å². The van der Waals surface area contributed by atoms with Crippen molar-refractivity contribution in [2.45, 2.75) is 32.4 Å². The van der Waals surface area contributed by atoms with Gasteiger partial charge in [-0.3, -0.25) is 10.1 Å². The van der Waals surface area contributed by atoms with Crippen LogP contribution in [-0.4, -0.2) is 18.6 Å². The zero-order valence-electron chi connectivity index (χ0n) is 10.9. The predicted molar refractivity (Wildman–Crippen MR) is 71.7 cm³/mol. The summed E-state index contributed by atoms with van der Waals surface area (Å²) in [5, 5.41) is 3.05. The highest BCUT2D eigenvalue weighted by atomic mass is 79.9. The number of rotatable bonds is 4. The number of benzene rings is 1. The zero-order chi connectivity index (χ0) is 13.9. The summed E-state index contributed by atoms with van der Waals surface area (Å²) in [6.07, 6.45) is 0. The number of carbonyl (C=O) groups is 1. The predicted octanol–water partition coefficient (Wildman–Crippen LogP) is 3.19. The average Bonchev–Trinajstić information content (AvgIpc) is 2.26. The normalized spacial score (nSPS) is 13.2. The molecule has 0 radical (unpaired) electrons. The van der Waals surface area contributed by atoms with Gasteiger partial charge in [0.25, 0.3) is 0 Å². The van der Waals surface area contributed by atoms with Crippen molar-refractivity contribution < 1.29 is 13.9 Å². The van der Waals surface area contributed by atoms with Crippen LogP contribution < -0.4 is 5.32 Å². The van der Waals surface area contributed by atoms with Gasteiger partial charge in [0.05, 0.1) is 7.11 Å². The molecule has 0 saturated carbocycles. The Hall–Kier alpha value is -0.940. The molecule has 0 spiro atoms. The van der Waals surface area contributed by atoms with Crippen molar-refractivity contribution >= 4 is 21.9 Å². The van der Waals surface area contributed by atoms with E-state index in [0.29, 0.717) is 10.0 Å². The lowest BCUT2D eigenvalue weighted by atomic mass is 10.0. The smallest absolute Gasteiger partial charge is 0.325 e. The van der Waals surface area contributed by atoms with Crippen LogP contribution in [-0.2, 0) is 9.53 Å². The Balaban J connectivity index is 2.88. The second-order valence-corrected chi connectivity index (χ2v) is 5.56. The Morgan fingerprint density at radius 1 is 1.50 bits per heavy atom. The van der Waals surface area contributed by atoms with Crippen molar-refractivity contribution in [3.8, 4) is 0 Å². The van der Waals surface area contributed by atoms with E-state index < -0.39 is 5.54 Å². The lowest BCUT2D eigenvalue weighted by Gasteiger charge is -2.28. The maximum absolute atomic E-state index is 13.8. The highest BCUT2D eigenvalue weighted by molar-refractivity contribution is 9.10. The van der Waals surface area contributed by atoms with Crippen molar-refractivity contribution in [3.05, 3.63) is 34.1 Å². The lowest BCUT2D eigenvalue weighted by Crippen LogP contribution is -2.48. The number of nitrogens with one attached hydrogen (secondary N) is 1. The molecule has 1 N–H and O–H groups in total. The fourth-order valence-corrected chi connectivity index (χ4v) is 2.12. The van der Waals surface area contributed by atoms with Crippen LogP contribution >= 0.6 is 15.9 Å². The SMILES string of the molecule is COC(=O)C(C)(C)NC(C)c1ccc(Br)cc1F. The van der Waals surface area contributed by atoms with Gasteiger partial charge in [-0.05, 0) is 32.9 Å². The zero-order valence-corrected chi connectivity index (χ0v) is 12.5. The summed E-state index contributed by atoms with van der Waals surface area (Å²) >= 11 is 3.21. The van der Waals surface area contributed by atoms with Crippen LogP contribution in [0.3, 0.4) is 0 Å².